The summed E-state index contributed by atoms with van der Waals surface area (Å²) in [7, 11) is 0. The van der Waals surface area contributed by atoms with Crippen molar-refractivity contribution < 1.29 is 19.8 Å². The number of hydrogen-bond donors (Lipinski definition) is 3. The summed E-state index contributed by atoms with van der Waals surface area (Å²) in [5.74, 6) is -2.05. The van der Waals surface area contributed by atoms with Gasteiger partial charge in [0.2, 0.25) is 5.91 Å². The van der Waals surface area contributed by atoms with E-state index in [1.54, 1.807) is 18.4 Å². The number of rotatable bonds is 5. The van der Waals surface area contributed by atoms with Crippen molar-refractivity contribution in [2.24, 2.45) is 11.7 Å². The van der Waals surface area contributed by atoms with Crippen LogP contribution in [0, 0.1) is 5.92 Å². The highest BCUT2D eigenvalue weighted by molar-refractivity contribution is 8.03. The van der Waals surface area contributed by atoms with Gasteiger partial charge in [0.1, 0.15) is 10.6 Å². The first-order chi connectivity index (χ1) is 8.95. The number of aliphatic hydroxyl groups is 1. The Labute approximate surface area is 114 Å². The molecule has 0 radical (unpaired) electrons. The average Bonchev–Trinajstić information content (AvgIpc) is 2.64. The van der Waals surface area contributed by atoms with Crippen LogP contribution in [-0.2, 0) is 9.59 Å². The molecule has 0 saturated carbocycles. The number of aliphatic hydroxyl groups excluding tert-OH is 1. The molecule has 0 bridgehead atoms. The average molecular weight is 284 g/mol. The lowest BCUT2D eigenvalue weighted by Crippen LogP contribution is -2.69. The molecule has 3 atom stereocenters. The second-order valence-corrected chi connectivity index (χ2v) is 5.78. The molecule has 2 aliphatic rings. The minimum Gasteiger partial charge on any atom is -0.477 e. The number of thioether (sulfide) groups is 1. The first-order valence-corrected chi connectivity index (χ1v) is 6.82. The molecule has 0 aliphatic carbocycles. The van der Waals surface area contributed by atoms with Crippen molar-refractivity contribution in [2.75, 3.05) is 6.54 Å². The van der Waals surface area contributed by atoms with Gasteiger partial charge < -0.3 is 15.9 Å². The molecule has 0 aromatic heterocycles. The van der Waals surface area contributed by atoms with Crippen LogP contribution < -0.4 is 5.73 Å². The number of carboxylic acids is 1. The lowest BCUT2D eigenvalue weighted by molar-refractivity contribution is -0.164. The van der Waals surface area contributed by atoms with Crippen molar-refractivity contribution in [1.29, 1.82) is 0 Å². The van der Waals surface area contributed by atoms with Gasteiger partial charge in [0.15, 0.2) is 0 Å². The number of nitrogens with two attached hydrogens (primary N) is 1. The van der Waals surface area contributed by atoms with Crippen LogP contribution in [0.15, 0.2) is 23.3 Å². The molecule has 6 nitrogen and oxygen atoms in total. The van der Waals surface area contributed by atoms with Crippen LogP contribution in [0.25, 0.3) is 0 Å². The van der Waals surface area contributed by atoms with E-state index in [1.807, 2.05) is 0 Å². The van der Waals surface area contributed by atoms with E-state index in [9.17, 15) is 14.7 Å². The Morgan fingerprint density at radius 2 is 2.47 bits per heavy atom. The topological polar surface area (TPSA) is 104 Å². The van der Waals surface area contributed by atoms with Crippen LogP contribution >= 0.6 is 11.8 Å². The second kappa shape index (κ2) is 4.99. The van der Waals surface area contributed by atoms with Crippen molar-refractivity contribution in [2.45, 2.75) is 24.3 Å². The highest BCUT2D eigenvalue weighted by Gasteiger charge is 2.65. The normalized spacial score (nSPS) is 31.1. The lowest BCUT2D eigenvalue weighted by Gasteiger charge is -2.54. The SMILES string of the molecule is CC(O)[C@@H]1C(=O)N2C(C(=O)O)=CC[C@@]12SC=CCN. The van der Waals surface area contributed by atoms with Gasteiger partial charge in [-0.1, -0.05) is 6.08 Å². The summed E-state index contributed by atoms with van der Waals surface area (Å²) in [4.78, 5) is 23.7. The fourth-order valence-corrected chi connectivity index (χ4v) is 3.99. The van der Waals surface area contributed by atoms with Gasteiger partial charge in [-0.3, -0.25) is 9.69 Å². The maximum atomic E-state index is 12.0. The summed E-state index contributed by atoms with van der Waals surface area (Å²) in [6.07, 6.45) is 2.86. The first kappa shape index (κ1) is 14.1. The van der Waals surface area contributed by atoms with Crippen LogP contribution in [0.1, 0.15) is 13.3 Å². The fraction of sp³-hybridized carbons (Fsp3) is 0.500. The minimum absolute atomic E-state index is 0.00412. The molecule has 1 amide bonds. The maximum absolute atomic E-state index is 12.0. The van der Waals surface area contributed by atoms with Crippen molar-refractivity contribution in [3.63, 3.8) is 0 Å². The summed E-state index contributed by atoms with van der Waals surface area (Å²) in [6.45, 7) is 1.92. The Kier molecular flexibility index (Phi) is 3.71. The molecule has 7 heteroatoms. The molecule has 0 aromatic rings. The largest absolute Gasteiger partial charge is 0.477 e. The third-order valence-corrected chi connectivity index (χ3v) is 4.73. The number of fused-ring (bicyclic) bond motifs is 1. The van der Waals surface area contributed by atoms with E-state index in [2.05, 4.69) is 0 Å². The Bertz CT molecular complexity index is 474. The van der Waals surface area contributed by atoms with Crippen molar-refractivity contribution in [1.82, 2.24) is 4.90 Å². The summed E-state index contributed by atoms with van der Waals surface area (Å²) in [5.41, 5.74) is 5.37. The van der Waals surface area contributed by atoms with E-state index in [0.29, 0.717) is 13.0 Å². The van der Waals surface area contributed by atoms with E-state index in [4.69, 9.17) is 10.8 Å². The van der Waals surface area contributed by atoms with E-state index in [0.717, 1.165) is 0 Å². The lowest BCUT2D eigenvalue weighted by atomic mass is 9.82. The first-order valence-electron chi connectivity index (χ1n) is 5.94. The fourth-order valence-electron chi connectivity index (χ4n) is 2.63. The minimum atomic E-state index is -1.12. The monoisotopic (exact) mass is 284 g/mol. The summed E-state index contributed by atoms with van der Waals surface area (Å²) >= 11 is 1.34. The Hall–Kier alpha value is -1.31. The number of carboxylic acid groups (broad SMARTS) is 1. The zero-order valence-corrected chi connectivity index (χ0v) is 11.3. The molecular weight excluding hydrogens is 268 g/mol. The molecule has 19 heavy (non-hydrogen) atoms. The molecule has 4 N–H and O–H groups in total. The van der Waals surface area contributed by atoms with E-state index < -0.39 is 22.9 Å². The smallest absolute Gasteiger partial charge is 0.352 e. The van der Waals surface area contributed by atoms with E-state index in [1.165, 1.54) is 22.7 Å². The van der Waals surface area contributed by atoms with Gasteiger partial charge in [0.25, 0.3) is 0 Å². The van der Waals surface area contributed by atoms with Gasteiger partial charge in [-0.25, -0.2) is 4.79 Å². The number of carbonyl (C=O) groups excluding carboxylic acids is 1. The van der Waals surface area contributed by atoms with Crippen LogP contribution in [0.5, 0.6) is 0 Å². The molecule has 1 fully saturated rings. The van der Waals surface area contributed by atoms with Crippen molar-refractivity contribution >= 4 is 23.6 Å². The zero-order chi connectivity index (χ0) is 14.2. The second-order valence-electron chi connectivity index (χ2n) is 4.56. The maximum Gasteiger partial charge on any atom is 0.352 e. The van der Waals surface area contributed by atoms with Crippen LogP contribution in [0.2, 0.25) is 0 Å². The predicted octanol–water partition coefficient (Wildman–Crippen LogP) is 0.0997. The Morgan fingerprint density at radius 1 is 1.79 bits per heavy atom. The quantitative estimate of drug-likeness (QED) is 0.619. The van der Waals surface area contributed by atoms with Gasteiger partial charge in [-0.15, -0.1) is 11.8 Å². The predicted molar refractivity (Wildman–Crippen MR) is 70.9 cm³/mol. The number of nitrogens with zero attached hydrogens (tertiary/aromatic N) is 1. The molecule has 0 aromatic carbocycles. The molecular formula is C12H16N2O4S. The molecule has 104 valence electrons. The van der Waals surface area contributed by atoms with E-state index in [-0.39, 0.29) is 11.6 Å². The molecule has 0 spiro atoms. The number of carbonyl (C=O) groups is 2. The van der Waals surface area contributed by atoms with Crippen molar-refractivity contribution in [3.05, 3.63) is 23.3 Å². The Morgan fingerprint density at radius 3 is 3.00 bits per heavy atom. The third kappa shape index (κ3) is 1.98. The number of hydrogen-bond acceptors (Lipinski definition) is 5. The summed E-state index contributed by atoms with van der Waals surface area (Å²) < 4.78 is 0. The summed E-state index contributed by atoms with van der Waals surface area (Å²) in [6, 6.07) is 0. The number of aliphatic carboxylic acids is 1. The van der Waals surface area contributed by atoms with Gasteiger partial charge in [-0.2, -0.15) is 0 Å². The third-order valence-electron chi connectivity index (χ3n) is 3.39. The highest BCUT2D eigenvalue weighted by Crippen LogP contribution is 2.56. The molecule has 2 rings (SSSR count). The van der Waals surface area contributed by atoms with Gasteiger partial charge in [0, 0.05) is 13.0 Å². The molecule has 1 saturated heterocycles. The standard InChI is InChI=1S/C12H16N2O4S/c1-7(15)9-10(16)14-8(11(17)18)3-4-12(9,14)19-6-2-5-13/h2-3,6-7,9,15H,4-5,13H2,1H3,(H,17,18)/t7?,9-,12-/m1/s1. The molecule has 1 unspecified atom stereocenters. The number of amides is 1. The molecule has 2 aliphatic heterocycles. The van der Waals surface area contributed by atoms with Gasteiger partial charge in [0.05, 0.1) is 12.0 Å². The summed E-state index contributed by atoms with van der Waals surface area (Å²) in [5, 5.41) is 20.6. The zero-order valence-electron chi connectivity index (χ0n) is 10.4. The van der Waals surface area contributed by atoms with Crippen LogP contribution in [0.3, 0.4) is 0 Å². The van der Waals surface area contributed by atoms with Gasteiger partial charge >= 0.3 is 5.97 Å². The Balaban J connectivity index is 2.29. The van der Waals surface area contributed by atoms with Crippen molar-refractivity contribution in [3.8, 4) is 0 Å². The molecule has 2 heterocycles. The van der Waals surface area contributed by atoms with Crippen LogP contribution in [0.4, 0.5) is 0 Å². The van der Waals surface area contributed by atoms with E-state index >= 15 is 0 Å². The van der Waals surface area contributed by atoms with Gasteiger partial charge in [-0.05, 0) is 18.4 Å². The highest BCUT2D eigenvalue weighted by atomic mass is 32.2. The van der Waals surface area contributed by atoms with Crippen LogP contribution in [-0.4, -0.2) is 44.5 Å². The number of β-lactam (4-membered cyclic amide) rings is 1.